The van der Waals surface area contributed by atoms with Crippen LogP contribution in [0, 0.1) is 0 Å². The molecule has 0 saturated heterocycles. The number of hydrogen-bond acceptors (Lipinski definition) is 2. The molecule has 3 nitrogen and oxygen atoms in total. The van der Waals surface area contributed by atoms with Gasteiger partial charge in [-0.2, -0.15) is 0 Å². The first kappa shape index (κ1) is 15.0. The minimum absolute atomic E-state index is 0.0234. The summed E-state index contributed by atoms with van der Waals surface area (Å²) >= 11 is 0. The molecule has 1 aromatic rings. The molecule has 0 aromatic heterocycles. The molecule has 3 heteroatoms. The molecule has 1 aliphatic rings. The van der Waals surface area contributed by atoms with Gasteiger partial charge in [0.05, 0.1) is 6.61 Å². The van der Waals surface area contributed by atoms with E-state index in [0.29, 0.717) is 12.5 Å². The molecule has 1 aromatic carbocycles. The van der Waals surface area contributed by atoms with Gasteiger partial charge in [0.2, 0.25) is 0 Å². The van der Waals surface area contributed by atoms with E-state index >= 15 is 0 Å². The number of benzene rings is 1. The summed E-state index contributed by atoms with van der Waals surface area (Å²) in [6.07, 6.45) is 6.62. The van der Waals surface area contributed by atoms with Crippen LogP contribution in [0.4, 0.5) is 0 Å². The van der Waals surface area contributed by atoms with Crippen molar-refractivity contribution >= 4 is 5.91 Å². The molecule has 1 saturated carbocycles. The van der Waals surface area contributed by atoms with E-state index in [1.54, 1.807) is 7.11 Å². The summed E-state index contributed by atoms with van der Waals surface area (Å²) in [5.41, 5.74) is 2.11. The Morgan fingerprint density at radius 1 is 1.25 bits per heavy atom. The smallest absolute Gasteiger partial charge is 0.251 e. The van der Waals surface area contributed by atoms with Crippen molar-refractivity contribution in [3.8, 4) is 0 Å². The molecule has 1 amide bonds. The topological polar surface area (TPSA) is 38.3 Å². The lowest BCUT2D eigenvalue weighted by Crippen LogP contribution is -2.35. The molecule has 1 aliphatic carbocycles. The standard InChI is InChI=1S/C17H25NO2/c1-13(12-20-2)18-17(19)16-10-8-15(9-11-16)14-6-4-3-5-7-14/h8-11,13-14H,3-7,12H2,1-2H3,(H,18,19)/t13-/m0/s1. The summed E-state index contributed by atoms with van der Waals surface area (Å²) in [6.45, 7) is 2.48. The highest BCUT2D eigenvalue weighted by Crippen LogP contribution is 2.32. The molecule has 1 fully saturated rings. The van der Waals surface area contributed by atoms with Crippen molar-refractivity contribution in [2.75, 3.05) is 13.7 Å². The van der Waals surface area contributed by atoms with Gasteiger partial charge in [-0.25, -0.2) is 0 Å². The highest BCUT2D eigenvalue weighted by molar-refractivity contribution is 5.94. The number of nitrogens with one attached hydrogen (secondary N) is 1. The van der Waals surface area contributed by atoms with Crippen LogP contribution in [0.5, 0.6) is 0 Å². The summed E-state index contributed by atoms with van der Waals surface area (Å²) in [6, 6.07) is 8.15. The quantitative estimate of drug-likeness (QED) is 0.893. The van der Waals surface area contributed by atoms with Crippen molar-refractivity contribution in [3.05, 3.63) is 35.4 Å². The minimum Gasteiger partial charge on any atom is -0.383 e. The Balaban J connectivity index is 1.95. The zero-order chi connectivity index (χ0) is 14.4. The minimum atomic E-state index is -0.0234. The lowest BCUT2D eigenvalue weighted by atomic mass is 9.84. The Kier molecular flexibility index (Phi) is 5.60. The van der Waals surface area contributed by atoms with Gasteiger partial charge in [0.1, 0.15) is 0 Å². The van der Waals surface area contributed by atoms with Crippen molar-refractivity contribution in [1.29, 1.82) is 0 Å². The SMILES string of the molecule is COC[C@H](C)NC(=O)c1ccc(C2CCCCC2)cc1. The molecule has 0 unspecified atom stereocenters. The highest BCUT2D eigenvalue weighted by Gasteiger charge is 2.16. The fourth-order valence-corrected chi connectivity index (χ4v) is 2.94. The Morgan fingerprint density at radius 3 is 2.50 bits per heavy atom. The monoisotopic (exact) mass is 275 g/mol. The Hall–Kier alpha value is -1.35. The summed E-state index contributed by atoms with van der Waals surface area (Å²) in [7, 11) is 1.64. The zero-order valence-corrected chi connectivity index (χ0v) is 12.5. The lowest BCUT2D eigenvalue weighted by molar-refractivity contribution is 0.0905. The van der Waals surface area contributed by atoms with E-state index in [1.807, 2.05) is 19.1 Å². The predicted molar refractivity (Wildman–Crippen MR) is 81.1 cm³/mol. The van der Waals surface area contributed by atoms with Crippen LogP contribution in [-0.4, -0.2) is 25.7 Å². The first-order chi connectivity index (χ1) is 9.70. The highest BCUT2D eigenvalue weighted by atomic mass is 16.5. The molecule has 2 rings (SSSR count). The third kappa shape index (κ3) is 4.07. The maximum atomic E-state index is 12.1. The van der Waals surface area contributed by atoms with E-state index in [4.69, 9.17) is 4.74 Å². The third-order valence-corrected chi connectivity index (χ3v) is 4.04. The largest absolute Gasteiger partial charge is 0.383 e. The fraction of sp³-hybridized carbons (Fsp3) is 0.588. The van der Waals surface area contributed by atoms with Crippen LogP contribution in [0.25, 0.3) is 0 Å². The Bertz CT molecular complexity index is 421. The maximum Gasteiger partial charge on any atom is 0.251 e. The molecule has 1 atom stereocenters. The molecule has 0 radical (unpaired) electrons. The van der Waals surface area contributed by atoms with Crippen molar-refractivity contribution < 1.29 is 9.53 Å². The van der Waals surface area contributed by atoms with Crippen LogP contribution < -0.4 is 5.32 Å². The first-order valence-corrected chi connectivity index (χ1v) is 7.60. The predicted octanol–water partition coefficient (Wildman–Crippen LogP) is 3.50. The fourth-order valence-electron chi connectivity index (χ4n) is 2.94. The van der Waals surface area contributed by atoms with Gasteiger partial charge in [-0.05, 0) is 43.4 Å². The van der Waals surface area contributed by atoms with Crippen LogP contribution in [0.1, 0.15) is 60.9 Å². The van der Waals surface area contributed by atoms with Gasteiger partial charge < -0.3 is 10.1 Å². The van der Waals surface area contributed by atoms with E-state index in [2.05, 4.69) is 17.4 Å². The van der Waals surface area contributed by atoms with Crippen molar-refractivity contribution in [3.63, 3.8) is 0 Å². The van der Waals surface area contributed by atoms with Gasteiger partial charge in [0.25, 0.3) is 5.91 Å². The normalized spacial score (nSPS) is 17.7. The van der Waals surface area contributed by atoms with Gasteiger partial charge in [-0.15, -0.1) is 0 Å². The van der Waals surface area contributed by atoms with Crippen molar-refractivity contribution in [2.45, 2.75) is 51.0 Å². The summed E-state index contributed by atoms with van der Waals surface area (Å²) in [5.74, 6) is 0.665. The Labute approximate surface area is 121 Å². The average molecular weight is 275 g/mol. The van der Waals surface area contributed by atoms with Gasteiger partial charge >= 0.3 is 0 Å². The van der Waals surface area contributed by atoms with Gasteiger partial charge in [0, 0.05) is 18.7 Å². The zero-order valence-electron chi connectivity index (χ0n) is 12.5. The molecular weight excluding hydrogens is 250 g/mol. The van der Waals surface area contributed by atoms with Crippen LogP contribution in [0.3, 0.4) is 0 Å². The summed E-state index contributed by atoms with van der Waals surface area (Å²) < 4.78 is 5.02. The van der Waals surface area contributed by atoms with Crippen molar-refractivity contribution in [2.24, 2.45) is 0 Å². The molecule has 20 heavy (non-hydrogen) atoms. The molecular formula is C17H25NO2. The van der Waals surface area contributed by atoms with Crippen LogP contribution in [0.2, 0.25) is 0 Å². The van der Waals surface area contributed by atoms with E-state index in [-0.39, 0.29) is 11.9 Å². The number of rotatable bonds is 5. The molecule has 1 N–H and O–H groups in total. The van der Waals surface area contributed by atoms with Gasteiger partial charge in [-0.3, -0.25) is 4.79 Å². The maximum absolute atomic E-state index is 12.1. The van der Waals surface area contributed by atoms with Crippen LogP contribution >= 0.6 is 0 Å². The van der Waals surface area contributed by atoms with E-state index < -0.39 is 0 Å². The first-order valence-electron chi connectivity index (χ1n) is 7.60. The van der Waals surface area contributed by atoms with Gasteiger partial charge in [-0.1, -0.05) is 31.4 Å². The number of carbonyl (C=O) groups is 1. The van der Waals surface area contributed by atoms with E-state index in [1.165, 1.54) is 37.7 Å². The second kappa shape index (κ2) is 7.44. The lowest BCUT2D eigenvalue weighted by Gasteiger charge is -2.22. The van der Waals surface area contributed by atoms with E-state index in [9.17, 15) is 4.79 Å². The second-order valence-electron chi connectivity index (χ2n) is 5.79. The average Bonchev–Trinajstić information content (AvgIpc) is 2.48. The van der Waals surface area contributed by atoms with E-state index in [0.717, 1.165) is 5.56 Å². The summed E-state index contributed by atoms with van der Waals surface area (Å²) in [5, 5.41) is 2.93. The number of methoxy groups -OCH3 is 1. The Morgan fingerprint density at radius 2 is 1.90 bits per heavy atom. The number of ether oxygens (including phenoxy) is 1. The second-order valence-corrected chi connectivity index (χ2v) is 5.79. The molecule has 0 spiro atoms. The van der Waals surface area contributed by atoms with Crippen LogP contribution in [-0.2, 0) is 4.74 Å². The molecule has 0 bridgehead atoms. The molecule has 0 heterocycles. The number of carbonyl (C=O) groups excluding carboxylic acids is 1. The third-order valence-electron chi connectivity index (χ3n) is 4.04. The number of amides is 1. The van der Waals surface area contributed by atoms with Gasteiger partial charge in [0.15, 0.2) is 0 Å². The van der Waals surface area contributed by atoms with Crippen molar-refractivity contribution in [1.82, 2.24) is 5.32 Å². The molecule has 0 aliphatic heterocycles. The summed E-state index contributed by atoms with van der Waals surface area (Å²) in [4.78, 5) is 12.1. The molecule has 110 valence electrons. The number of hydrogen-bond donors (Lipinski definition) is 1. The van der Waals surface area contributed by atoms with Crippen LogP contribution in [0.15, 0.2) is 24.3 Å².